The SMILES string of the molecule is C=CCCCN(C)C(=NC)NCC(C)Oc1ccc(OC)cc1.I. The number of nitrogens with one attached hydrogen (secondary N) is 1. The number of benzene rings is 1. The molecule has 1 aromatic rings. The van der Waals surface area contributed by atoms with E-state index < -0.39 is 0 Å². The van der Waals surface area contributed by atoms with Gasteiger partial charge in [0.05, 0.1) is 13.7 Å². The van der Waals surface area contributed by atoms with Crippen LogP contribution in [0.3, 0.4) is 0 Å². The van der Waals surface area contributed by atoms with E-state index in [1.54, 1.807) is 14.2 Å². The molecule has 0 heterocycles. The van der Waals surface area contributed by atoms with Crippen LogP contribution < -0.4 is 14.8 Å². The summed E-state index contributed by atoms with van der Waals surface area (Å²) in [6, 6.07) is 7.60. The number of ether oxygens (including phenoxy) is 2. The lowest BCUT2D eigenvalue weighted by atomic mass is 10.3. The lowest BCUT2D eigenvalue weighted by molar-refractivity contribution is 0.222. The third kappa shape index (κ3) is 8.42. The van der Waals surface area contributed by atoms with E-state index in [9.17, 15) is 0 Å². The van der Waals surface area contributed by atoms with Crippen molar-refractivity contribution in [3.05, 3.63) is 36.9 Å². The van der Waals surface area contributed by atoms with Crippen LogP contribution in [0, 0.1) is 0 Å². The molecule has 136 valence electrons. The second kappa shape index (κ2) is 12.9. The van der Waals surface area contributed by atoms with Gasteiger partial charge in [-0.25, -0.2) is 0 Å². The molecule has 0 saturated heterocycles. The number of rotatable bonds is 9. The smallest absolute Gasteiger partial charge is 0.193 e. The van der Waals surface area contributed by atoms with Crippen molar-refractivity contribution in [3.8, 4) is 11.5 Å². The van der Waals surface area contributed by atoms with Gasteiger partial charge >= 0.3 is 0 Å². The van der Waals surface area contributed by atoms with Crippen molar-refractivity contribution < 1.29 is 9.47 Å². The summed E-state index contributed by atoms with van der Waals surface area (Å²) in [4.78, 5) is 6.42. The van der Waals surface area contributed by atoms with Crippen LogP contribution in [-0.4, -0.2) is 51.3 Å². The number of hydrogen-bond donors (Lipinski definition) is 1. The highest BCUT2D eigenvalue weighted by Gasteiger charge is 2.09. The van der Waals surface area contributed by atoms with Gasteiger partial charge < -0.3 is 19.7 Å². The Morgan fingerprint density at radius 2 is 1.96 bits per heavy atom. The Bertz CT molecular complexity index is 492. The standard InChI is InChI=1S/C18H29N3O2.HI/c1-6-7-8-13-21(4)18(19-3)20-14-15(2)23-17-11-9-16(22-5)10-12-17;/h6,9-12,15H,1,7-8,13-14H2,2-5H3,(H,19,20);1H. The largest absolute Gasteiger partial charge is 0.497 e. The van der Waals surface area contributed by atoms with Crippen molar-refractivity contribution in [2.75, 3.05) is 34.3 Å². The number of allylic oxidation sites excluding steroid dienone is 1. The molecular formula is C18H30IN3O2. The number of nitrogens with zero attached hydrogens (tertiary/aromatic N) is 2. The topological polar surface area (TPSA) is 46.1 Å². The van der Waals surface area contributed by atoms with Gasteiger partial charge in [0.25, 0.3) is 0 Å². The summed E-state index contributed by atoms with van der Waals surface area (Å²) < 4.78 is 11.0. The molecule has 0 saturated carbocycles. The number of halogens is 1. The normalized spacial score (nSPS) is 11.9. The van der Waals surface area contributed by atoms with Gasteiger partial charge in [0.15, 0.2) is 5.96 Å². The minimum Gasteiger partial charge on any atom is -0.497 e. The van der Waals surface area contributed by atoms with Crippen molar-refractivity contribution in [1.29, 1.82) is 0 Å². The summed E-state index contributed by atoms with van der Waals surface area (Å²) in [6.45, 7) is 7.40. The third-order valence-electron chi connectivity index (χ3n) is 3.42. The average molecular weight is 447 g/mol. The lowest BCUT2D eigenvalue weighted by Gasteiger charge is -2.23. The molecule has 0 fully saturated rings. The minimum absolute atomic E-state index is 0. The van der Waals surface area contributed by atoms with Gasteiger partial charge in [0.2, 0.25) is 0 Å². The summed E-state index contributed by atoms with van der Waals surface area (Å²) in [6.07, 6.45) is 4.05. The number of hydrogen-bond acceptors (Lipinski definition) is 3. The third-order valence-corrected chi connectivity index (χ3v) is 3.42. The van der Waals surface area contributed by atoms with E-state index in [1.165, 1.54) is 0 Å². The van der Waals surface area contributed by atoms with Gasteiger partial charge in [-0.15, -0.1) is 30.6 Å². The van der Waals surface area contributed by atoms with Crippen LogP contribution in [0.25, 0.3) is 0 Å². The van der Waals surface area contributed by atoms with Crippen molar-refractivity contribution in [1.82, 2.24) is 10.2 Å². The van der Waals surface area contributed by atoms with Crippen molar-refractivity contribution in [2.24, 2.45) is 4.99 Å². The average Bonchev–Trinajstić information content (AvgIpc) is 2.56. The Kier molecular flexibility index (Phi) is 12.1. The van der Waals surface area contributed by atoms with Crippen LogP contribution in [-0.2, 0) is 0 Å². The highest BCUT2D eigenvalue weighted by Crippen LogP contribution is 2.17. The van der Waals surface area contributed by atoms with Gasteiger partial charge in [0, 0.05) is 20.6 Å². The first-order valence-corrected chi connectivity index (χ1v) is 7.94. The molecule has 0 aliphatic heterocycles. The van der Waals surface area contributed by atoms with E-state index in [4.69, 9.17) is 9.47 Å². The van der Waals surface area contributed by atoms with Gasteiger partial charge in [0.1, 0.15) is 17.6 Å². The summed E-state index contributed by atoms with van der Waals surface area (Å²) in [5, 5.41) is 3.34. The molecule has 1 unspecified atom stereocenters. The fraction of sp³-hybridized carbons (Fsp3) is 0.500. The molecule has 1 N–H and O–H groups in total. The molecule has 0 amide bonds. The van der Waals surface area contributed by atoms with Crippen LogP contribution in [0.1, 0.15) is 19.8 Å². The van der Waals surface area contributed by atoms with E-state index in [2.05, 4.69) is 21.8 Å². The molecule has 0 bridgehead atoms. The van der Waals surface area contributed by atoms with Crippen LogP contribution in [0.15, 0.2) is 41.9 Å². The molecule has 1 atom stereocenters. The number of guanidine groups is 1. The predicted octanol–water partition coefficient (Wildman–Crippen LogP) is 3.55. The van der Waals surface area contributed by atoms with E-state index in [0.29, 0.717) is 6.54 Å². The summed E-state index contributed by atoms with van der Waals surface area (Å²) in [5.41, 5.74) is 0. The van der Waals surface area contributed by atoms with Gasteiger partial charge in [-0.1, -0.05) is 6.08 Å². The van der Waals surface area contributed by atoms with Crippen LogP contribution in [0.5, 0.6) is 11.5 Å². The minimum atomic E-state index is 0. The lowest BCUT2D eigenvalue weighted by Crippen LogP contribution is -2.43. The zero-order chi connectivity index (χ0) is 17.1. The Labute approximate surface area is 163 Å². The van der Waals surface area contributed by atoms with Crippen LogP contribution >= 0.6 is 24.0 Å². The maximum absolute atomic E-state index is 5.88. The molecule has 0 aliphatic carbocycles. The molecule has 1 rings (SSSR count). The van der Waals surface area contributed by atoms with Crippen LogP contribution in [0.2, 0.25) is 0 Å². The Balaban J connectivity index is 0.00000529. The molecule has 0 spiro atoms. The van der Waals surface area contributed by atoms with Gasteiger partial charge in [-0.05, 0) is 44.0 Å². The number of aliphatic imine (C=N–C) groups is 1. The van der Waals surface area contributed by atoms with E-state index >= 15 is 0 Å². The molecule has 24 heavy (non-hydrogen) atoms. The quantitative estimate of drug-likeness (QED) is 0.207. The van der Waals surface area contributed by atoms with Gasteiger partial charge in [-0.3, -0.25) is 4.99 Å². The fourth-order valence-electron chi connectivity index (χ4n) is 2.13. The maximum Gasteiger partial charge on any atom is 0.193 e. The van der Waals surface area contributed by atoms with Crippen molar-refractivity contribution >= 4 is 29.9 Å². The Morgan fingerprint density at radius 3 is 2.50 bits per heavy atom. The first-order valence-electron chi connectivity index (χ1n) is 7.94. The van der Waals surface area contributed by atoms with Crippen molar-refractivity contribution in [3.63, 3.8) is 0 Å². The Morgan fingerprint density at radius 1 is 1.33 bits per heavy atom. The first kappa shape index (κ1) is 22.6. The molecule has 0 radical (unpaired) electrons. The highest BCUT2D eigenvalue weighted by molar-refractivity contribution is 14.0. The predicted molar refractivity (Wildman–Crippen MR) is 112 cm³/mol. The second-order valence-electron chi connectivity index (χ2n) is 5.38. The molecule has 0 aromatic heterocycles. The highest BCUT2D eigenvalue weighted by atomic mass is 127. The van der Waals surface area contributed by atoms with E-state index in [-0.39, 0.29) is 30.1 Å². The van der Waals surface area contributed by atoms with Crippen molar-refractivity contribution in [2.45, 2.75) is 25.9 Å². The summed E-state index contributed by atoms with van der Waals surface area (Å²) >= 11 is 0. The second-order valence-corrected chi connectivity index (χ2v) is 5.38. The fourth-order valence-corrected chi connectivity index (χ4v) is 2.13. The summed E-state index contributed by atoms with van der Waals surface area (Å²) in [5.74, 6) is 2.53. The molecule has 0 aliphatic rings. The van der Waals surface area contributed by atoms with E-state index in [1.807, 2.05) is 44.3 Å². The molecule has 6 heteroatoms. The maximum atomic E-state index is 5.88. The Hall–Kier alpha value is -1.44. The first-order chi connectivity index (χ1) is 11.1. The molecule has 5 nitrogen and oxygen atoms in total. The zero-order valence-corrected chi connectivity index (χ0v) is 17.4. The zero-order valence-electron chi connectivity index (χ0n) is 15.1. The van der Waals surface area contributed by atoms with E-state index in [0.717, 1.165) is 36.8 Å². The molecule has 1 aromatic carbocycles. The number of methoxy groups -OCH3 is 1. The van der Waals surface area contributed by atoms with Gasteiger partial charge in [-0.2, -0.15) is 0 Å². The van der Waals surface area contributed by atoms with Crippen LogP contribution in [0.4, 0.5) is 0 Å². The monoisotopic (exact) mass is 447 g/mol. The molecular weight excluding hydrogens is 417 g/mol. The summed E-state index contributed by atoms with van der Waals surface area (Å²) in [7, 11) is 5.48. The number of unbranched alkanes of at least 4 members (excludes halogenated alkanes) is 1.